The highest BCUT2D eigenvalue weighted by Gasteiger charge is 2.20. The lowest BCUT2D eigenvalue weighted by Crippen LogP contribution is -2.19. The van der Waals surface area contributed by atoms with Crippen LogP contribution in [0.15, 0.2) is 30.9 Å². The van der Waals surface area contributed by atoms with Gasteiger partial charge in [0.15, 0.2) is 23.1 Å². The van der Waals surface area contributed by atoms with Gasteiger partial charge in [0.05, 0.1) is 63.3 Å². The van der Waals surface area contributed by atoms with Gasteiger partial charge >= 0.3 is 0 Å². The van der Waals surface area contributed by atoms with Crippen LogP contribution < -0.4 is 19.5 Å². The average molecular weight is 437 g/mol. The summed E-state index contributed by atoms with van der Waals surface area (Å²) < 4.78 is 45.4. The van der Waals surface area contributed by atoms with Crippen molar-refractivity contribution >= 4 is 11.5 Å². The molecule has 1 atom stereocenters. The summed E-state index contributed by atoms with van der Waals surface area (Å²) in [4.78, 5) is 8.17. The molecule has 0 aliphatic carbocycles. The number of hydrogen-bond acceptors (Lipinski definition) is 9. The second kappa shape index (κ2) is 10.00. The number of rotatable bonds is 10. The van der Waals surface area contributed by atoms with Crippen molar-refractivity contribution in [2.75, 3.05) is 26.1 Å². The van der Waals surface area contributed by atoms with Gasteiger partial charge in [0.2, 0.25) is 5.88 Å². The van der Waals surface area contributed by atoms with Crippen LogP contribution in [0.1, 0.15) is 5.56 Å². The van der Waals surface area contributed by atoms with E-state index in [0.29, 0.717) is 11.5 Å². The monoisotopic (exact) mass is 437 g/mol. The molecule has 0 saturated carbocycles. The van der Waals surface area contributed by atoms with Crippen molar-refractivity contribution in [1.29, 1.82) is 0 Å². The lowest BCUT2D eigenvalue weighted by molar-refractivity contribution is 0.0783. The molecule has 0 fully saturated rings. The summed E-state index contributed by atoms with van der Waals surface area (Å²) in [7, 11) is 2.52. The molecule has 10 nitrogen and oxygen atoms in total. The minimum absolute atomic E-state index is 0.0490. The van der Waals surface area contributed by atoms with Crippen LogP contribution in [-0.2, 0) is 13.2 Å². The largest absolute Gasteiger partial charge is 0.494 e. The number of benzene rings is 1. The van der Waals surface area contributed by atoms with Crippen molar-refractivity contribution in [3.8, 4) is 17.4 Å². The van der Waals surface area contributed by atoms with Crippen LogP contribution in [0.3, 0.4) is 0 Å². The number of aliphatic hydroxyl groups is 2. The molecule has 0 bridgehead atoms. The van der Waals surface area contributed by atoms with Gasteiger partial charge in [-0.3, -0.25) is 4.68 Å². The van der Waals surface area contributed by atoms with Gasteiger partial charge < -0.3 is 29.7 Å². The molecule has 0 aliphatic rings. The van der Waals surface area contributed by atoms with Crippen LogP contribution in [-0.4, -0.2) is 56.9 Å². The number of nitrogens with zero attached hydrogens (tertiary/aromatic N) is 4. The zero-order valence-electron chi connectivity index (χ0n) is 16.7. The molecule has 3 N–H and O–H groups in total. The van der Waals surface area contributed by atoms with Crippen LogP contribution in [0.2, 0.25) is 0 Å². The van der Waals surface area contributed by atoms with E-state index in [1.165, 1.54) is 37.5 Å². The Balaban J connectivity index is 1.64. The molecule has 0 unspecified atom stereocenters. The van der Waals surface area contributed by atoms with E-state index in [4.69, 9.17) is 19.3 Å². The van der Waals surface area contributed by atoms with E-state index in [2.05, 4.69) is 20.4 Å². The maximum absolute atomic E-state index is 14.4. The number of aromatic nitrogens is 4. The number of aliphatic hydroxyl groups excluding tert-OH is 2. The predicted octanol–water partition coefficient (Wildman–Crippen LogP) is 1.64. The molecule has 1 aromatic carbocycles. The number of methoxy groups -OCH3 is 2. The van der Waals surface area contributed by atoms with E-state index in [1.54, 1.807) is 6.20 Å². The van der Waals surface area contributed by atoms with Gasteiger partial charge in [0.25, 0.3) is 0 Å². The normalized spacial score (nSPS) is 11.8. The third kappa shape index (κ3) is 5.35. The van der Waals surface area contributed by atoms with Gasteiger partial charge in [0, 0.05) is 12.3 Å². The van der Waals surface area contributed by atoms with Gasteiger partial charge in [-0.05, 0) is 0 Å². The van der Waals surface area contributed by atoms with Crippen LogP contribution in [0.4, 0.5) is 20.3 Å². The van der Waals surface area contributed by atoms with Crippen molar-refractivity contribution in [2.24, 2.45) is 0 Å². The first kappa shape index (κ1) is 22.2. The lowest BCUT2D eigenvalue weighted by atomic mass is 10.1. The van der Waals surface area contributed by atoms with Crippen molar-refractivity contribution in [3.05, 3.63) is 48.1 Å². The molecule has 0 amide bonds. The maximum atomic E-state index is 14.4. The van der Waals surface area contributed by atoms with E-state index < -0.39 is 24.3 Å². The van der Waals surface area contributed by atoms with Crippen molar-refractivity contribution in [2.45, 2.75) is 19.3 Å². The molecule has 3 aromatic rings. The summed E-state index contributed by atoms with van der Waals surface area (Å²) in [6, 6.07) is 1.11. The van der Waals surface area contributed by atoms with Gasteiger partial charge in [-0.25, -0.2) is 18.7 Å². The molecular formula is C19H21F2N5O5. The summed E-state index contributed by atoms with van der Waals surface area (Å²) in [6.45, 7) is -0.683. The lowest BCUT2D eigenvalue weighted by Gasteiger charge is -2.13. The van der Waals surface area contributed by atoms with Gasteiger partial charge in [-0.15, -0.1) is 0 Å². The molecule has 0 radical (unpaired) electrons. The first-order chi connectivity index (χ1) is 14.9. The molecule has 2 heterocycles. The molecule has 0 saturated heterocycles. The fourth-order valence-corrected chi connectivity index (χ4v) is 2.61. The minimum atomic E-state index is -0.914. The van der Waals surface area contributed by atoms with E-state index in [0.717, 1.165) is 6.07 Å². The first-order valence-electron chi connectivity index (χ1n) is 9.07. The molecule has 166 valence electrons. The molecule has 12 heteroatoms. The van der Waals surface area contributed by atoms with Crippen molar-refractivity contribution in [3.63, 3.8) is 0 Å². The standard InChI is InChI=1S/C19H21F2N5O5/c1-29-14-3-15(30-2)19(21)13(18(14)20)10-31-17-6-22-16(5-23-17)25-11-4-24-26(7-11)8-12(28)9-27/h3-7,12,27-28H,8-10H2,1-2H3,(H,22,25)/t12-/m1/s1. The Kier molecular flexibility index (Phi) is 7.15. The van der Waals surface area contributed by atoms with E-state index >= 15 is 0 Å². The summed E-state index contributed by atoms with van der Waals surface area (Å²) >= 11 is 0. The third-order valence-corrected chi connectivity index (χ3v) is 4.17. The third-order valence-electron chi connectivity index (χ3n) is 4.17. The second-order valence-corrected chi connectivity index (χ2v) is 6.33. The van der Waals surface area contributed by atoms with Crippen molar-refractivity contribution in [1.82, 2.24) is 19.7 Å². The number of nitrogens with one attached hydrogen (secondary N) is 1. The Morgan fingerprint density at radius 2 is 1.81 bits per heavy atom. The Morgan fingerprint density at radius 3 is 2.39 bits per heavy atom. The predicted molar refractivity (Wildman–Crippen MR) is 104 cm³/mol. The number of halogens is 2. The summed E-state index contributed by atoms with van der Waals surface area (Å²) in [5, 5.41) is 25.3. The Labute approximate surface area is 176 Å². The van der Waals surface area contributed by atoms with Gasteiger partial charge in [-0.1, -0.05) is 0 Å². The fourth-order valence-electron chi connectivity index (χ4n) is 2.61. The van der Waals surface area contributed by atoms with E-state index in [-0.39, 0.29) is 36.1 Å². The topological polar surface area (TPSA) is 124 Å². The number of anilines is 2. The number of ether oxygens (including phenoxy) is 3. The Hall–Kier alpha value is -3.51. The molecule has 0 aliphatic heterocycles. The zero-order valence-corrected chi connectivity index (χ0v) is 16.7. The summed E-state index contributed by atoms with van der Waals surface area (Å²) in [5.41, 5.74) is 0.221. The Bertz CT molecular complexity index is 987. The summed E-state index contributed by atoms with van der Waals surface area (Å²) in [5.74, 6) is -1.71. The van der Waals surface area contributed by atoms with Crippen LogP contribution in [0.25, 0.3) is 0 Å². The van der Waals surface area contributed by atoms with E-state index in [9.17, 15) is 13.9 Å². The highest BCUT2D eigenvalue weighted by molar-refractivity contribution is 5.52. The van der Waals surface area contributed by atoms with Crippen molar-refractivity contribution < 1.29 is 33.2 Å². The van der Waals surface area contributed by atoms with Gasteiger partial charge in [-0.2, -0.15) is 5.10 Å². The van der Waals surface area contributed by atoms with Gasteiger partial charge in [0.1, 0.15) is 12.4 Å². The SMILES string of the molecule is COc1cc(OC)c(F)c(COc2cnc(Nc3cnn(C[C@@H](O)CO)c3)cn2)c1F. The molecule has 3 rings (SSSR count). The summed E-state index contributed by atoms with van der Waals surface area (Å²) in [6.07, 6.45) is 4.87. The minimum Gasteiger partial charge on any atom is -0.494 e. The highest BCUT2D eigenvalue weighted by Crippen LogP contribution is 2.31. The second-order valence-electron chi connectivity index (χ2n) is 6.33. The van der Waals surface area contributed by atoms with Crippen LogP contribution >= 0.6 is 0 Å². The molecule has 31 heavy (non-hydrogen) atoms. The average Bonchev–Trinajstić information content (AvgIpc) is 3.21. The maximum Gasteiger partial charge on any atom is 0.232 e. The molecular weight excluding hydrogens is 416 g/mol. The first-order valence-corrected chi connectivity index (χ1v) is 9.07. The highest BCUT2D eigenvalue weighted by atomic mass is 19.1. The zero-order chi connectivity index (χ0) is 22.4. The molecule has 2 aromatic heterocycles. The quantitative estimate of drug-likeness (QED) is 0.434. The molecule has 0 spiro atoms. The van der Waals surface area contributed by atoms with Crippen LogP contribution in [0, 0.1) is 11.6 Å². The van der Waals surface area contributed by atoms with E-state index in [1.807, 2.05) is 0 Å². The number of hydrogen-bond donors (Lipinski definition) is 3. The Morgan fingerprint density at radius 1 is 1.10 bits per heavy atom. The van der Waals surface area contributed by atoms with Crippen LogP contribution in [0.5, 0.6) is 17.4 Å². The fraction of sp³-hybridized carbons (Fsp3) is 0.316. The smallest absolute Gasteiger partial charge is 0.232 e.